The monoisotopic (exact) mass is 310 g/mol. The minimum Gasteiger partial charge on any atom is -0.496 e. The zero-order valence-electron chi connectivity index (χ0n) is 12.5. The fourth-order valence-electron chi connectivity index (χ4n) is 2.28. The molecule has 0 fully saturated rings. The minimum absolute atomic E-state index is 0.0760. The van der Waals surface area contributed by atoms with Crippen LogP contribution in [-0.2, 0) is 0 Å². The standard InChI is InChI=1S/C15H19ClN2O3/c1-9(2)18-14(12(21-4)8-17-18)15(19)13-10(16)6-5-7-11(13)20-3/h5-9,15,19H,1-4H3. The molecule has 1 heterocycles. The van der Waals surface area contributed by atoms with Crippen LogP contribution in [0.5, 0.6) is 11.5 Å². The van der Waals surface area contributed by atoms with Crippen molar-refractivity contribution in [3.63, 3.8) is 0 Å². The molecule has 0 amide bonds. The van der Waals surface area contributed by atoms with Gasteiger partial charge in [-0.15, -0.1) is 0 Å². The van der Waals surface area contributed by atoms with Crippen LogP contribution in [0.1, 0.15) is 37.3 Å². The summed E-state index contributed by atoms with van der Waals surface area (Å²) in [5.41, 5.74) is 1.06. The van der Waals surface area contributed by atoms with Crippen LogP contribution in [-0.4, -0.2) is 29.1 Å². The Balaban J connectivity index is 2.60. The second kappa shape index (κ2) is 6.37. The number of aromatic nitrogens is 2. The Morgan fingerprint density at radius 3 is 2.43 bits per heavy atom. The smallest absolute Gasteiger partial charge is 0.163 e. The van der Waals surface area contributed by atoms with Crippen LogP contribution in [0.2, 0.25) is 5.02 Å². The molecule has 1 aromatic carbocycles. The molecule has 0 radical (unpaired) electrons. The molecule has 21 heavy (non-hydrogen) atoms. The Hall–Kier alpha value is -1.72. The van der Waals surface area contributed by atoms with Crippen LogP contribution < -0.4 is 9.47 Å². The summed E-state index contributed by atoms with van der Waals surface area (Å²) in [5.74, 6) is 1.03. The highest BCUT2D eigenvalue weighted by Crippen LogP contribution is 2.39. The number of rotatable bonds is 5. The van der Waals surface area contributed by atoms with E-state index in [1.54, 1.807) is 43.3 Å². The van der Waals surface area contributed by atoms with Crippen LogP contribution in [0, 0.1) is 0 Å². The Labute approximate surface area is 129 Å². The summed E-state index contributed by atoms with van der Waals surface area (Å²) < 4.78 is 12.3. The van der Waals surface area contributed by atoms with E-state index in [1.807, 2.05) is 13.8 Å². The van der Waals surface area contributed by atoms with E-state index in [9.17, 15) is 5.11 Å². The molecule has 114 valence electrons. The predicted molar refractivity (Wildman–Crippen MR) is 81.2 cm³/mol. The van der Waals surface area contributed by atoms with Gasteiger partial charge in [0.1, 0.15) is 17.5 Å². The second-order valence-corrected chi connectivity index (χ2v) is 5.30. The van der Waals surface area contributed by atoms with Crippen LogP contribution in [0.3, 0.4) is 0 Å². The van der Waals surface area contributed by atoms with E-state index in [0.717, 1.165) is 0 Å². The first-order chi connectivity index (χ1) is 10.0. The highest BCUT2D eigenvalue weighted by atomic mass is 35.5. The molecule has 0 spiro atoms. The molecule has 2 rings (SSSR count). The molecule has 5 nitrogen and oxygen atoms in total. The van der Waals surface area contributed by atoms with Gasteiger partial charge in [-0.25, -0.2) is 0 Å². The molecule has 0 saturated carbocycles. The van der Waals surface area contributed by atoms with Gasteiger partial charge in [0.2, 0.25) is 0 Å². The number of hydrogen-bond acceptors (Lipinski definition) is 4. The number of halogens is 1. The van der Waals surface area contributed by atoms with E-state index >= 15 is 0 Å². The van der Waals surface area contributed by atoms with Crippen LogP contribution in [0.4, 0.5) is 0 Å². The third kappa shape index (κ3) is 2.84. The number of aliphatic hydroxyl groups excluding tert-OH is 1. The lowest BCUT2D eigenvalue weighted by Crippen LogP contribution is -2.14. The van der Waals surface area contributed by atoms with Crippen molar-refractivity contribution in [1.29, 1.82) is 0 Å². The highest BCUT2D eigenvalue weighted by Gasteiger charge is 2.27. The average molecular weight is 311 g/mol. The van der Waals surface area contributed by atoms with Crippen molar-refractivity contribution in [3.05, 3.63) is 40.7 Å². The first kappa shape index (κ1) is 15.7. The molecule has 1 N–H and O–H groups in total. The van der Waals surface area contributed by atoms with Crippen molar-refractivity contribution in [2.24, 2.45) is 0 Å². The number of benzene rings is 1. The third-order valence-electron chi connectivity index (χ3n) is 3.27. The van der Waals surface area contributed by atoms with Gasteiger partial charge < -0.3 is 14.6 Å². The van der Waals surface area contributed by atoms with E-state index in [0.29, 0.717) is 27.8 Å². The lowest BCUT2D eigenvalue weighted by molar-refractivity contribution is 0.195. The van der Waals surface area contributed by atoms with Crippen molar-refractivity contribution in [2.75, 3.05) is 14.2 Å². The maximum atomic E-state index is 10.8. The van der Waals surface area contributed by atoms with E-state index < -0.39 is 6.10 Å². The van der Waals surface area contributed by atoms with E-state index in [1.165, 1.54) is 0 Å². The lowest BCUT2D eigenvalue weighted by atomic mass is 10.0. The average Bonchev–Trinajstić information content (AvgIpc) is 2.90. The Morgan fingerprint density at radius 1 is 1.19 bits per heavy atom. The van der Waals surface area contributed by atoms with Crippen LogP contribution >= 0.6 is 11.6 Å². The number of aliphatic hydroxyl groups is 1. The molecule has 1 unspecified atom stereocenters. The molecule has 1 atom stereocenters. The van der Waals surface area contributed by atoms with Crippen molar-refractivity contribution < 1.29 is 14.6 Å². The molecule has 0 aliphatic heterocycles. The van der Waals surface area contributed by atoms with Gasteiger partial charge in [-0.05, 0) is 26.0 Å². The molecular formula is C15H19ClN2O3. The van der Waals surface area contributed by atoms with E-state index in [4.69, 9.17) is 21.1 Å². The molecule has 1 aromatic heterocycles. The maximum absolute atomic E-state index is 10.8. The summed E-state index contributed by atoms with van der Waals surface area (Å²) in [6.07, 6.45) is 0.593. The van der Waals surface area contributed by atoms with Gasteiger partial charge in [0.25, 0.3) is 0 Å². The van der Waals surface area contributed by atoms with Crippen molar-refractivity contribution in [3.8, 4) is 11.5 Å². The Morgan fingerprint density at radius 2 is 1.86 bits per heavy atom. The molecular weight excluding hydrogens is 292 g/mol. The Kier molecular flexibility index (Phi) is 4.75. The Bertz CT molecular complexity index is 625. The van der Waals surface area contributed by atoms with Gasteiger partial charge in [-0.3, -0.25) is 4.68 Å². The number of ether oxygens (including phenoxy) is 2. The highest BCUT2D eigenvalue weighted by molar-refractivity contribution is 6.31. The summed E-state index contributed by atoms with van der Waals surface area (Å²) in [4.78, 5) is 0. The third-order valence-corrected chi connectivity index (χ3v) is 3.60. The second-order valence-electron chi connectivity index (χ2n) is 4.89. The quantitative estimate of drug-likeness (QED) is 0.921. The largest absolute Gasteiger partial charge is 0.496 e. The summed E-state index contributed by atoms with van der Waals surface area (Å²) in [6, 6.07) is 5.32. The van der Waals surface area contributed by atoms with Crippen molar-refractivity contribution >= 4 is 11.6 Å². The first-order valence-electron chi connectivity index (χ1n) is 6.63. The molecule has 0 aliphatic carbocycles. The number of methoxy groups -OCH3 is 2. The number of nitrogens with zero attached hydrogens (tertiary/aromatic N) is 2. The van der Waals surface area contributed by atoms with E-state index in [-0.39, 0.29) is 6.04 Å². The van der Waals surface area contributed by atoms with Gasteiger partial charge in [0, 0.05) is 11.6 Å². The van der Waals surface area contributed by atoms with Gasteiger partial charge in [0.05, 0.1) is 25.4 Å². The van der Waals surface area contributed by atoms with E-state index in [2.05, 4.69) is 5.10 Å². The summed E-state index contributed by atoms with van der Waals surface area (Å²) in [7, 11) is 3.08. The molecule has 2 aromatic rings. The topological polar surface area (TPSA) is 56.5 Å². The van der Waals surface area contributed by atoms with Crippen LogP contribution in [0.25, 0.3) is 0 Å². The summed E-state index contributed by atoms with van der Waals surface area (Å²) >= 11 is 6.24. The zero-order chi connectivity index (χ0) is 15.6. The van der Waals surface area contributed by atoms with Gasteiger partial charge in [-0.1, -0.05) is 17.7 Å². The zero-order valence-corrected chi connectivity index (χ0v) is 13.3. The van der Waals surface area contributed by atoms with Crippen molar-refractivity contribution in [1.82, 2.24) is 9.78 Å². The number of hydrogen-bond donors (Lipinski definition) is 1. The lowest BCUT2D eigenvalue weighted by Gasteiger charge is -2.20. The fraction of sp³-hybridized carbons (Fsp3) is 0.400. The van der Waals surface area contributed by atoms with Crippen LogP contribution in [0.15, 0.2) is 24.4 Å². The van der Waals surface area contributed by atoms with Gasteiger partial charge >= 0.3 is 0 Å². The molecule has 6 heteroatoms. The molecule has 0 aliphatic rings. The maximum Gasteiger partial charge on any atom is 0.163 e. The SMILES string of the molecule is COc1cccc(Cl)c1C(O)c1c(OC)cnn1C(C)C. The minimum atomic E-state index is -0.992. The van der Waals surface area contributed by atoms with Crippen molar-refractivity contribution in [2.45, 2.75) is 26.0 Å². The normalized spacial score (nSPS) is 12.5. The summed E-state index contributed by atoms with van der Waals surface area (Å²) in [6.45, 7) is 3.96. The van der Waals surface area contributed by atoms with Gasteiger partial charge in [0.15, 0.2) is 5.75 Å². The molecule has 0 saturated heterocycles. The first-order valence-corrected chi connectivity index (χ1v) is 7.00. The molecule has 0 bridgehead atoms. The predicted octanol–water partition coefficient (Wildman–Crippen LogP) is 3.22. The van der Waals surface area contributed by atoms with Gasteiger partial charge in [-0.2, -0.15) is 5.10 Å². The summed E-state index contributed by atoms with van der Waals surface area (Å²) in [5, 5.41) is 15.5. The fourth-order valence-corrected chi connectivity index (χ4v) is 2.55.